The van der Waals surface area contributed by atoms with E-state index in [9.17, 15) is 4.79 Å². The van der Waals surface area contributed by atoms with E-state index < -0.39 is 0 Å². The molecule has 1 unspecified atom stereocenters. The second kappa shape index (κ2) is 6.14. The van der Waals surface area contributed by atoms with Crippen molar-refractivity contribution >= 4 is 28.3 Å². The van der Waals surface area contributed by atoms with Crippen molar-refractivity contribution in [1.82, 2.24) is 9.88 Å². The molecular weight excluding hydrogens is 348 g/mol. The molecule has 2 heterocycles. The Kier molecular flexibility index (Phi) is 3.87. The molecule has 0 spiro atoms. The number of fused-ring (bicyclic) bond motifs is 2. The predicted molar refractivity (Wildman–Crippen MR) is 103 cm³/mol. The quantitative estimate of drug-likeness (QED) is 0.886. The number of hydrogen-bond donors (Lipinski definition) is 1. The summed E-state index contributed by atoms with van der Waals surface area (Å²) in [5, 5.41) is 2.13. The lowest BCUT2D eigenvalue weighted by atomic mass is 9.72. The topological polar surface area (TPSA) is 45.3 Å². The molecule has 1 aromatic heterocycles. The average Bonchev–Trinajstić information content (AvgIpc) is 3.18. The average molecular weight is 371 g/mol. The van der Waals surface area contributed by atoms with Crippen molar-refractivity contribution in [2.45, 2.75) is 37.6 Å². The fourth-order valence-electron chi connectivity index (χ4n) is 5.13. The molecule has 136 valence electrons. The van der Waals surface area contributed by atoms with Gasteiger partial charge in [0.15, 0.2) is 5.78 Å². The van der Waals surface area contributed by atoms with E-state index in [4.69, 9.17) is 16.3 Å². The minimum Gasteiger partial charge on any atom is -0.497 e. The van der Waals surface area contributed by atoms with Gasteiger partial charge in [0, 0.05) is 54.2 Å². The first-order valence-corrected chi connectivity index (χ1v) is 9.83. The summed E-state index contributed by atoms with van der Waals surface area (Å²) < 4.78 is 5.97. The van der Waals surface area contributed by atoms with Crippen LogP contribution in [0.5, 0.6) is 0 Å². The van der Waals surface area contributed by atoms with E-state index in [1.54, 1.807) is 6.08 Å². The van der Waals surface area contributed by atoms with E-state index in [-0.39, 0.29) is 5.78 Å². The maximum Gasteiger partial charge on any atom is 0.159 e. The highest BCUT2D eigenvalue weighted by atomic mass is 35.5. The highest BCUT2D eigenvalue weighted by Gasteiger charge is 2.40. The van der Waals surface area contributed by atoms with Gasteiger partial charge < -0.3 is 14.6 Å². The molecule has 1 aromatic carbocycles. The smallest absolute Gasteiger partial charge is 0.159 e. The molecule has 2 aromatic rings. The fraction of sp³-hybridized carbons (Fsp3) is 0.476. The normalized spacial score (nSPS) is 28.3. The lowest BCUT2D eigenvalue weighted by Gasteiger charge is -2.45. The Morgan fingerprint density at radius 2 is 2.23 bits per heavy atom. The molecule has 1 fully saturated rings. The maximum atomic E-state index is 11.4. The molecule has 0 bridgehead atoms. The number of likely N-dealkylation sites (tertiary alicyclic amines) is 1. The van der Waals surface area contributed by atoms with Crippen molar-refractivity contribution in [3.05, 3.63) is 46.3 Å². The molecule has 1 saturated heterocycles. The number of piperidine rings is 1. The zero-order valence-electron chi connectivity index (χ0n) is 14.9. The van der Waals surface area contributed by atoms with E-state index in [2.05, 4.69) is 35.1 Å². The molecule has 0 saturated carbocycles. The second-order valence-electron chi connectivity index (χ2n) is 7.99. The number of H-pyrrole nitrogens is 1. The molecule has 0 radical (unpaired) electrons. The van der Waals surface area contributed by atoms with Gasteiger partial charge in [-0.25, -0.2) is 0 Å². The zero-order valence-corrected chi connectivity index (χ0v) is 15.7. The van der Waals surface area contributed by atoms with Crippen molar-refractivity contribution in [3.8, 4) is 0 Å². The van der Waals surface area contributed by atoms with Crippen LogP contribution in [0.2, 0.25) is 5.15 Å². The van der Waals surface area contributed by atoms with Crippen LogP contribution in [0.15, 0.2) is 30.0 Å². The van der Waals surface area contributed by atoms with Crippen LogP contribution in [-0.2, 0) is 16.0 Å². The van der Waals surface area contributed by atoms with Crippen molar-refractivity contribution in [2.75, 3.05) is 20.2 Å². The molecule has 3 atom stereocenters. The minimum absolute atomic E-state index is 0.191. The van der Waals surface area contributed by atoms with Gasteiger partial charge in [0.05, 0.1) is 12.4 Å². The third-order valence-electron chi connectivity index (χ3n) is 6.33. The summed E-state index contributed by atoms with van der Waals surface area (Å²) in [5.41, 5.74) is 3.84. The summed E-state index contributed by atoms with van der Waals surface area (Å²) in [4.78, 5) is 17.2. The molecule has 4 nitrogen and oxygen atoms in total. The third kappa shape index (κ3) is 2.58. The van der Waals surface area contributed by atoms with Crippen LogP contribution in [0, 0.1) is 5.92 Å². The Morgan fingerprint density at radius 3 is 3.04 bits per heavy atom. The standard InChI is InChI=1S/C21H23ClN2O2/c1-24-10-12(11-26-14-6-5-13(25)8-14)7-16-15-3-2-4-18-20(15)17(9-19(16)24)21(22)23-18/h2-4,8,12,16,19,23H,5-7,9-11H2,1H3/t12-,16?,19-/m1/s1. The second-order valence-corrected chi connectivity index (χ2v) is 8.37. The molecule has 5 heteroatoms. The van der Waals surface area contributed by atoms with Crippen LogP contribution in [0.25, 0.3) is 10.9 Å². The van der Waals surface area contributed by atoms with Crippen molar-refractivity contribution in [2.24, 2.45) is 5.92 Å². The third-order valence-corrected chi connectivity index (χ3v) is 6.65. The summed E-state index contributed by atoms with van der Waals surface area (Å²) in [7, 11) is 2.22. The van der Waals surface area contributed by atoms with Gasteiger partial charge in [-0.2, -0.15) is 0 Å². The van der Waals surface area contributed by atoms with Gasteiger partial charge in [-0.3, -0.25) is 4.79 Å². The zero-order chi connectivity index (χ0) is 17.8. The number of allylic oxidation sites excluding steroid dienone is 2. The Hall–Kier alpha value is -1.78. The van der Waals surface area contributed by atoms with E-state index >= 15 is 0 Å². The maximum absolute atomic E-state index is 11.4. The van der Waals surface area contributed by atoms with Gasteiger partial charge in [-0.05, 0) is 37.1 Å². The number of carbonyl (C=O) groups is 1. The number of nitrogens with one attached hydrogen (secondary N) is 1. The van der Waals surface area contributed by atoms with Gasteiger partial charge in [0.2, 0.25) is 0 Å². The summed E-state index contributed by atoms with van der Waals surface area (Å²) in [5.74, 6) is 2.04. The van der Waals surface area contributed by atoms with Crippen molar-refractivity contribution in [1.29, 1.82) is 0 Å². The molecule has 2 aliphatic carbocycles. The summed E-state index contributed by atoms with van der Waals surface area (Å²) in [6.07, 6.45) is 5.16. The molecule has 0 amide bonds. The predicted octanol–water partition coefficient (Wildman–Crippen LogP) is 4.04. The number of hydrogen-bond acceptors (Lipinski definition) is 3. The Labute approximate surface area is 158 Å². The first-order chi connectivity index (χ1) is 12.6. The van der Waals surface area contributed by atoms with Gasteiger partial charge in [0.25, 0.3) is 0 Å². The molecular formula is C21H23ClN2O2. The minimum atomic E-state index is 0.191. The SMILES string of the molecule is CN1C[C@H](COC2=CC(=O)CC2)CC2c3cccc4[nH]c(Cl)c(c34)C[C@H]21. The van der Waals surface area contributed by atoms with Gasteiger partial charge in [0.1, 0.15) is 5.15 Å². The van der Waals surface area contributed by atoms with Crippen molar-refractivity contribution < 1.29 is 9.53 Å². The van der Waals surface area contributed by atoms with Gasteiger partial charge >= 0.3 is 0 Å². The number of benzene rings is 1. The Bertz CT molecular complexity index is 916. The molecule has 1 N–H and O–H groups in total. The number of halogens is 1. The van der Waals surface area contributed by atoms with E-state index in [1.807, 2.05) is 0 Å². The first kappa shape index (κ1) is 16.4. The fourth-order valence-corrected chi connectivity index (χ4v) is 5.40. The van der Waals surface area contributed by atoms with Gasteiger partial charge in [-0.1, -0.05) is 23.7 Å². The summed E-state index contributed by atoms with van der Waals surface area (Å²) in [6, 6.07) is 7.00. The largest absolute Gasteiger partial charge is 0.497 e. The number of nitrogens with zero attached hydrogens (tertiary/aromatic N) is 1. The van der Waals surface area contributed by atoms with Crippen LogP contribution in [-0.4, -0.2) is 41.9 Å². The van der Waals surface area contributed by atoms with Crippen LogP contribution in [0.1, 0.15) is 36.3 Å². The van der Waals surface area contributed by atoms with Crippen LogP contribution >= 0.6 is 11.6 Å². The number of likely N-dealkylation sites (N-methyl/N-ethyl adjacent to an activating group) is 1. The Morgan fingerprint density at radius 1 is 1.35 bits per heavy atom. The number of ketones is 1. The van der Waals surface area contributed by atoms with E-state index in [1.165, 1.54) is 16.5 Å². The number of aromatic amines is 1. The molecule has 5 rings (SSSR count). The summed E-state index contributed by atoms with van der Waals surface area (Å²) >= 11 is 6.49. The highest BCUT2D eigenvalue weighted by Crippen LogP contribution is 2.46. The molecule has 3 aliphatic rings. The molecule has 26 heavy (non-hydrogen) atoms. The van der Waals surface area contributed by atoms with Crippen molar-refractivity contribution in [3.63, 3.8) is 0 Å². The van der Waals surface area contributed by atoms with Crippen LogP contribution in [0.3, 0.4) is 0 Å². The van der Waals surface area contributed by atoms with E-state index in [0.29, 0.717) is 30.9 Å². The van der Waals surface area contributed by atoms with Gasteiger partial charge in [-0.15, -0.1) is 0 Å². The molecule has 1 aliphatic heterocycles. The highest BCUT2D eigenvalue weighted by molar-refractivity contribution is 6.32. The van der Waals surface area contributed by atoms with Crippen LogP contribution < -0.4 is 0 Å². The summed E-state index contributed by atoms with van der Waals surface area (Å²) in [6.45, 7) is 1.72. The lowest BCUT2D eigenvalue weighted by molar-refractivity contribution is -0.114. The Balaban J connectivity index is 1.41. The first-order valence-electron chi connectivity index (χ1n) is 9.45. The number of carbonyl (C=O) groups excluding carboxylic acids is 1. The van der Waals surface area contributed by atoms with E-state index in [0.717, 1.165) is 42.2 Å². The van der Waals surface area contributed by atoms with Crippen LogP contribution in [0.4, 0.5) is 0 Å². The number of aromatic nitrogens is 1. The monoisotopic (exact) mass is 370 g/mol. The number of rotatable bonds is 3. The number of ether oxygens (including phenoxy) is 1. The lowest BCUT2D eigenvalue weighted by Crippen LogP contribution is -2.48.